The predicted octanol–water partition coefficient (Wildman–Crippen LogP) is 2.34. The zero-order valence-corrected chi connectivity index (χ0v) is 12.9. The van der Waals surface area contributed by atoms with E-state index in [1.165, 1.54) is 32.1 Å². The third kappa shape index (κ3) is 4.70. The van der Waals surface area contributed by atoms with E-state index in [9.17, 15) is 9.59 Å². The molecule has 2 atom stereocenters. The Labute approximate surface area is 126 Å². The van der Waals surface area contributed by atoms with Crippen molar-refractivity contribution in [3.8, 4) is 0 Å². The van der Waals surface area contributed by atoms with E-state index in [4.69, 9.17) is 9.84 Å². The van der Waals surface area contributed by atoms with Crippen LogP contribution in [0, 0.1) is 11.8 Å². The highest BCUT2D eigenvalue weighted by molar-refractivity contribution is 5.80. The molecule has 1 amide bonds. The molecule has 21 heavy (non-hydrogen) atoms. The van der Waals surface area contributed by atoms with E-state index in [1.807, 2.05) is 6.92 Å². The molecule has 1 saturated heterocycles. The molecule has 1 heterocycles. The van der Waals surface area contributed by atoms with Gasteiger partial charge in [0.2, 0.25) is 5.91 Å². The average molecular weight is 297 g/mol. The number of carboxylic acids is 1. The van der Waals surface area contributed by atoms with Crippen LogP contribution in [-0.2, 0) is 14.3 Å². The Morgan fingerprint density at radius 1 is 1.33 bits per heavy atom. The van der Waals surface area contributed by atoms with Crippen molar-refractivity contribution in [1.82, 2.24) is 5.32 Å². The van der Waals surface area contributed by atoms with E-state index in [0.717, 1.165) is 6.42 Å². The second-order valence-corrected chi connectivity index (χ2v) is 6.78. The molecule has 0 aromatic carbocycles. The van der Waals surface area contributed by atoms with Crippen molar-refractivity contribution in [2.24, 2.45) is 11.8 Å². The van der Waals surface area contributed by atoms with Gasteiger partial charge in [-0.15, -0.1) is 0 Å². The highest BCUT2D eigenvalue weighted by Crippen LogP contribution is 2.30. The van der Waals surface area contributed by atoms with Crippen molar-refractivity contribution in [3.63, 3.8) is 0 Å². The average Bonchev–Trinajstić information content (AvgIpc) is 2.87. The summed E-state index contributed by atoms with van der Waals surface area (Å²) in [7, 11) is 0. The fourth-order valence-corrected chi connectivity index (χ4v) is 3.59. The van der Waals surface area contributed by atoms with E-state index < -0.39 is 11.5 Å². The van der Waals surface area contributed by atoms with Gasteiger partial charge in [0, 0.05) is 12.5 Å². The van der Waals surface area contributed by atoms with Crippen molar-refractivity contribution >= 4 is 11.9 Å². The van der Waals surface area contributed by atoms with Gasteiger partial charge in [0.1, 0.15) is 0 Å². The number of nitrogens with one attached hydrogen (secondary N) is 1. The minimum absolute atomic E-state index is 0.0210. The number of aliphatic carboxylic acids is 1. The molecule has 2 aliphatic rings. The van der Waals surface area contributed by atoms with E-state index in [1.54, 1.807) is 0 Å². The molecule has 0 aromatic rings. The second kappa shape index (κ2) is 7.25. The van der Waals surface area contributed by atoms with E-state index in [0.29, 0.717) is 25.6 Å². The van der Waals surface area contributed by atoms with Gasteiger partial charge in [-0.2, -0.15) is 0 Å². The summed E-state index contributed by atoms with van der Waals surface area (Å²) in [4.78, 5) is 23.4. The quantitative estimate of drug-likeness (QED) is 0.789. The smallest absolute Gasteiger partial charge is 0.305 e. The molecule has 1 aliphatic carbocycles. The standard InChI is InChI=1S/C16H27NO4/c1-12(9-13-5-3-2-4-6-13)15(20)17-16(10-14(18)19)7-8-21-11-16/h12-13H,2-11H2,1H3,(H,17,20)(H,18,19). The Morgan fingerprint density at radius 2 is 2.05 bits per heavy atom. The molecule has 5 nitrogen and oxygen atoms in total. The molecular formula is C16H27NO4. The summed E-state index contributed by atoms with van der Waals surface area (Å²) in [6.45, 7) is 2.78. The molecular weight excluding hydrogens is 270 g/mol. The summed E-state index contributed by atoms with van der Waals surface area (Å²) in [5, 5.41) is 12.0. The van der Waals surface area contributed by atoms with Crippen LogP contribution in [0.3, 0.4) is 0 Å². The second-order valence-electron chi connectivity index (χ2n) is 6.78. The molecule has 2 fully saturated rings. The van der Waals surface area contributed by atoms with Crippen molar-refractivity contribution in [2.75, 3.05) is 13.2 Å². The first-order chi connectivity index (χ1) is 10.0. The molecule has 2 N–H and O–H groups in total. The predicted molar refractivity (Wildman–Crippen MR) is 78.9 cm³/mol. The first-order valence-corrected chi connectivity index (χ1v) is 8.12. The first kappa shape index (κ1) is 16.3. The molecule has 2 unspecified atom stereocenters. The Hall–Kier alpha value is -1.10. The molecule has 5 heteroatoms. The van der Waals surface area contributed by atoms with Crippen LogP contribution >= 0.6 is 0 Å². The van der Waals surface area contributed by atoms with Gasteiger partial charge in [0.15, 0.2) is 0 Å². The van der Waals surface area contributed by atoms with Crippen molar-refractivity contribution in [2.45, 2.75) is 63.8 Å². The van der Waals surface area contributed by atoms with Crippen LogP contribution in [0.1, 0.15) is 58.3 Å². The Bertz CT molecular complexity index is 370. The minimum atomic E-state index is -0.888. The number of carbonyl (C=O) groups is 2. The third-order valence-corrected chi connectivity index (χ3v) is 4.84. The SMILES string of the molecule is CC(CC1CCCCC1)C(=O)NC1(CC(=O)O)CCOC1. The monoisotopic (exact) mass is 297 g/mol. The molecule has 1 saturated carbocycles. The maximum absolute atomic E-state index is 12.4. The van der Waals surface area contributed by atoms with Gasteiger partial charge < -0.3 is 15.2 Å². The number of hydrogen-bond donors (Lipinski definition) is 2. The fourth-order valence-electron chi connectivity index (χ4n) is 3.59. The minimum Gasteiger partial charge on any atom is -0.481 e. The van der Waals surface area contributed by atoms with Crippen molar-refractivity contribution < 1.29 is 19.4 Å². The lowest BCUT2D eigenvalue weighted by atomic mass is 9.82. The molecule has 0 aromatic heterocycles. The molecule has 0 radical (unpaired) electrons. The third-order valence-electron chi connectivity index (χ3n) is 4.84. The normalized spacial score (nSPS) is 28.2. The van der Waals surface area contributed by atoms with Crippen LogP contribution in [0.4, 0.5) is 0 Å². The van der Waals surface area contributed by atoms with E-state index in [-0.39, 0.29) is 18.2 Å². The van der Waals surface area contributed by atoms with Crippen LogP contribution in [0.25, 0.3) is 0 Å². The summed E-state index contributed by atoms with van der Waals surface area (Å²) >= 11 is 0. The van der Waals surface area contributed by atoms with Crippen LogP contribution in [-0.4, -0.2) is 35.7 Å². The van der Waals surface area contributed by atoms with E-state index in [2.05, 4.69) is 5.32 Å². The summed E-state index contributed by atoms with van der Waals surface area (Å²) in [6, 6.07) is 0. The van der Waals surface area contributed by atoms with Gasteiger partial charge in [-0.1, -0.05) is 39.0 Å². The van der Waals surface area contributed by atoms with Crippen molar-refractivity contribution in [3.05, 3.63) is 0 Å². The molecule has 0 spiro atoms. The van der Waals surface area contributed by atoms with Crippen LogP contribution in [0.15, 0.2) is 0 Å². The number of carbonyl (C=O) groups excluding carboxylic acids is 1. The van der Waals surface area contributed by atoms with E-state index >= 15 is 0 Å². The summed E-state index contributed by atoms with van der Waals surface area (Å²) in [5.41, 5.74) is -0.705. The van der Waals surface area contributed by atoms with Gasteiger partial charge in [0.25, 0.3) is 0 Å². The number of amides is 1. The van der Waals surface area contributed by atoms with Gasteiger partial charge >= 0.3 is 5.97 Å². The zero-order valence-electron chi connectivity index (χ0n) is 12.9. The maximum atomic E-state index is 12.4. The lowest BCUT2D eigenvalue weighted by Gasteiger charge is -2.30. The molecule has 0 bridgehead atoms. The van der Waals surface area contributed by atoms with Gasteiger partial charge in [-0.25, -0.2) is 0 Å². The van der Waals surface area contributed by atoms with Crippen molar-refractivity contribution in [1.29, 1.82) is 0 Å². The number of hydrogen-bond acceptors (Lipinski definition) is 3. The highest BCUT2D eigenvalue weighted by atomic mass is 16.5. The van der Waals surface area contributed by atoms with Crippen LogP contribution in [0.2, 0.25) is 0 Å². The van der Waals surface area contributed by atoms with Crippen LogP contribution in [0.5, 0.6) is 0 Å². The number of ether oxygens (including phenoxy) is 1. The molecule has 120 valence electrons. The Morgan fingerprint density at radius 3 is 2.62 bits per heavy atom. The molecule has 2 rings (SSSR count). The number of rotatable bonds is 6. The number of carboxylic acid groups (broad SMARTS) is 1. The lowest BCUT2D eigenvalue weighted by Crippen LogP contribution is -2.52. The maximum Gasteiger partial charge on any atom is 0.305 e. The fraction of sp³-hybridized carbons (Fsp3) is 0.875. The lowest BCUT2D eigenvalue weighted by molar-refractivity contribution is -0.139. The molecule has 1 aliphatic heterocycles. The summed E-state index contributed by atoms with van der Waals surface area (Å²) < 4.78 is 5.31. The summed E-state index contributed by atoms with van der Waals surface area (Å²) in [5.74, 6) is -0.317. The Balaban J connectivity index is 1.87. The Kier molecular flexibility index (Phi) is 5.62. The van der Waals surface area contributed by atoms with Crippen LogP contribution < -0.4 is 5.32 Å². The topological polar surface area (TPSA) is 75.6 Å². The van der Waals surface area contributed by atoms with Gasteiger partial charge in [-0.3, -0.25) is 9.59 Å². The van der Waals surface area contributed by atoms with Gasteiger partial charge in [0.05, 0.1) is 18.6 Å². The van der Waals surface area contributed by atoms with Gasteiger partial charge in [-0.05, 0) is 18.8 Å². The first-order valence-electron chi connectivity index (χ1n) is 8.12. The zero-order chi connectivity index (χ0) is 15.3. The summed E-state index contributed by atoms with van der Waals surface area (Å²) in [6.07, 6.45) is 7.75. The highest BCUT2D eigenvalue weighted by Gasteiger charge is 2.39. The largest absolute Gasteiger partial charge is 0.481 e.